The van der Waals surface area contributed by atoms with Crippen LogP contribution in [0.15, 0.2) is 22.1 Å². The lowest BCUT2D eigenvalue weighted by Crippen LogP contribution is -2.25. The van der Waals surface area contributed by atoms with Crippen molar-refractivity contribution in [1.29, 1.82) is 0 Å². The maximum atomic E-state index is 12.1. The van der Waals surface area contributed by atoms with Crippen LogP contribution in [0.3, 0.4) is 0 Å². The number of phenolic OH excluding ortho intramolecular Hbond substituents is 1. The van der Waals surface area contributed by atoms with Gasteiger partial charge in [0.05, 0.1) is 5.75 Å². The molecular formula is C18H22ClN3O3S. The first-order valence-electron chi connectivity index (χ1n) is 8.17. The summed E-state index contributed by atoms with van der Waals surface area (Å²) in [7, 11) is 0. The van der Waals surface area contributed by atoms with Gasteiger partial charge in [-0.05, 0) is 37.0 Å². The fourth-order valence-corrected chi connectivity index (χ4v) is 3.44. The molecule has 0 aliphatic carbocycles. The number of hydrogen-bond acceptors (Lipinski definition) is 5. The molecule has 0 saturated heterocycles. The molecule has 0 fully saturated rings. The smallest absolute Gasteiger partial charge is 0.251 e. The largest absolute Gasteiger partial charge is 0.507 e. The van der Waals surface area contributed by atoms with Crippen LogP contribution in [0.2, 0.25) is 5.02 Å². The van der Waals surface area contributed by atoms with Crippen molar-refractivity contribution in [1.82, 2.24) is 15.3 Å². The van der Waals surface area contributed by atoms with E-state index in [1.807, 2.05) is 20.8 Å². The summed E-state index contributed by atoms with van der Waals surface area (Å²) < 4.78 is 0. The molecule has 2 aromatic rings. The Hall–Kier alpha value is -1.99. The van der Waals surface area contributed by atoms with Crippen molar-refractivity contribution in [2.45, 2.75) is 45.3 Å². The number of amides is 1. The number of aromatic nitrogens is 2. The molecule has 0 bridgehead atoms. The monoisotopic (exact) mass is 395 g/mol. The number of benzene rings is 1. The summed E-state index contributed by atoms with van der Waals surface area (Å²) in [5.74, 6) is 0.148. The predicted molar refractivity (Wildman–Crippen MR) is 104 cm³/mol. The Morgan fingerprint density at radius 2 is 2.08 bits per heavy atom. The van der Waals surface area contributed by atoms with Gasteiger partial charge in [0.25, 0.3) is 5.56 Å². The number of phenols is 1. The fraction of sp³-hybridized carbons (Fsp3) is 0.389. The van der Waals surface area contributed by atoms with Crippen molar-refractivity contribution in [3.05, 3.63) is 49.9 Å². The maximum Gasteiger partial charge on any atom is 0.251 e. The molecule has 0 aliphatic heterocycles. The van der Waals surface area contributed by atoms with Crippen molar-refractivity contribution in [2.24, 2.45) is 0 Å². The maximum absolute atomic E-state index is 12.1. The zero-order valence-corrected chi connectivity index (χ0v) is 16.7. The van der Waals surface area contributed by atoms with Gasteiger partial charge < -0.3 is 15.4 Å². The lowest BCUT2D eigenvalue weighted by molar-refractivity contribution is -0.118. The molecule has 8 heteroatoms. The van der Waals surface area contributed by atoms with Gasteiger partial charge in [-0.25, -0.2) is 4.98 Å². The number of aryl methyl sites for hydroxylation is 1. The second kappa shape index (κ2) is 8.60. The topological polar surface area (TPSA) is 95.1 Å². The van der Waals surface area contributed by atoms with Crippen LogP contribution in [-0.2, 0) is 11.3 Å². The van der Waals surface area contributed by atoms with Crippen LogP contribution in [0.4, 0.5) is 0 Å². The van der Waals surface area contributed by atoms with Gasteiger partial charge in [0.1, 0.15) is 5.75 Å². The van der Waals surface area contributed by atoms with Gasteiger partial charge in [-0.1, -0.05) is 37.2 Å². The van der Waals surface area contributed by atoms with Gasteiger partial charge in [-0.3, -0.25) is 9.59 Å². The van der Waals surface area contributed by atoms with E-state index in [1.165, 1.54) is 6.07 Å². The second-order valence-electron chi connectivity index (χ2n) is 6.31. The Morgan fingerprint density at radius 1 is 1.38 bits per heavy atom. The van der Waals surface area contributed by atoms with Gasteiger partial charge in [-0.15, -0.1) is 0 Å². The normalized spacial score (nSPS) is 11.0. The Morgan fingerprint density at radius 3 is 2.69 bits per heavy atom. The summed E-state index contributed by atoms with van der Waals surface area (Å²) >= 11 is 7.40. The fourth-order valence-electron chi connectivity index (χ4n) is 2.46. The lowest BCUT2D eigenvalue weighted by atomic mass is 9.96. The van der Waals surface area contributed by atoms with Gasteiger partial charge in [0.2, 0.25) is 5.91 Å². The molecule has 2 rings (SSSR count). The standard InChI is InChI=1S/C18H22ClN3O3S/c1-9(2)12-6-14(19)11(4)13(17(12)25)7-20-16(24)8-26-18-21-10(3)5-15(23)22-18/h5-6,9,25H,7-8H2,1-4H3,(H,20,24)(H,21,22,23). The van der Waals surface area contributed by atoms with Crippen molar-refractivity contribution < 1.29 is 9.90 Å². The number of carbonyl (C=O) groups excluding carboxylic acids is 1. The van der Waals surface area contributed by atoms with Crippen LogP contribution >= 0.6 is 23.4 Å². The number of halogens is 1. The summed E-state index contributed by atoms with van der Waals surface area (Å²) in [6, 6.07) is 3.15. The van der Waals surface area contributed by atoms with E-state index in [2.05, 4.69) is 15.3 Å². The van der Waals surface area contributed by atoms with Gasteiger partial charge in [0, 0.05) is 28.9 Å². The zero-order valence-electron chi connectivity index (χ0n) is 15.1. The number of nitrogens with zero attached hydrogens (tertiary/aromatic N) is 1. The molecule has 140 valence electrons. The summed E-state index contributed by atoms with van der Waals surface area (Å²) in [5.41, 5.74) is 2.45. The first-order chi connectivity index (χ1) is 12.2. The highest BCUT2D eigenvalue weighted by Gasteiger charge is 2.17. The molecule has 1 aromatic carbocycles. The number of thioether (sulfide) groups is 1. The number of H-pyrrole nitrogens is 1. The number of rotatable bonds is 6. The minimum absolute atomic E-state index is 0.101. The van der Waals surface area contributed by atoms with Crippen LogP contribution < -0.4 is 10.9 Å². The molecule has 0 unspecified atom stereocenters. The van der Waals surface area contributed by atoms with Crippen molar-refractivity contribution in [3.63, 3.8) is 0 Å². The Labute approximate surface area is 161 Å². The molecule has 26 heavy (non-hydrogen) atoms. The highest BCUT2D eigenvalue weighted by Crippen LogP contribution is 2.35. The third-order valence-electron chi connectivity index (χ3n) is 3.92. The van der Waals surface area contributed by atoms with E-state index in [9.17, 15) is 14.7 Å². The number of hydrogen-bond donors (Lipinski definition) is 3. The molecule has 0 atom stereocenters. The van der Waals surface area contributed by atoms with E-state index in [1.54, 1.807) is 13.0 Å². The molecule has 1 aromatic heterocycles. The van der Waals surface area contributed by atoms with Crippen LogP contribution in [-0.4, -0.2) is 26.7 Å². The van der Waals surface area contributed by atoms with Gasteiger partial charge >= 0.3 is 0 Å². The van der Waals surface area contributed by atoms with E-state index in [0.717, 1.165) is 22.9 Å². The van der Waals surface area contributed by atoms with E-state index >= 15 is 0 Å². The van der Waals surface area contributed by atoms with Crippen molar-refractivity contribution in [2.75, 3.05) is 5.75 Å². The van der Waals surface area contributed by atoms with E-state index in [0.29, 0.717) is 21.4 Å². The predicted octanol–water partition coefficient (Wildman–Crippen LogP) is 3.28. The van der Waals surface area contributed by atoms with Gasteiger partial charge in [0.15, 0.2) is 5.16 Å². The third kappa shape index (κ3) is 5.02. The third-order valence-corrected chi connectivity index (χ3v) is 5.19. The quantitative estimate of drug-likeness (QED) is 0.515. The Kier molecular flexibility index (Phi) is 6.72. The summed E-state index contributed by atoms with van der Waals surface area (Å²) in [6.07, 6.45) is 0. The van der Waals surface area contributed by atoms with Crippen molar-refractivity contribution in [3.8, 4) is 5.75 Å². The summed E-state index contributed by atoms with van der Waals surface area (Å²) in [6.45, 7) is 7.64. The molecule has 6 nitrogen and oxygen atoms in total. The first-order valence-corrected chi connectivity index (χ1v) is 9.53. The van der Waals surface area contributed by atoms with Crippen LogP contribution in [0.1, 0.15) is 42.1 Å². The van der Waals surface area contributed by atoms with Crippen LogP contribution in [0, 0.1) is 13.8 Å². The van der Waals surface area contributed by atoms with E-state index in [4.69, 9.17) is 11.6 Å². The number of nitrogens with one attached hydrogen (secondary N) is 2. The molecule has 0 aliphatic rings. The highest BCUT2D eigenvalue weighted by molar-refractivity contribution is 7.99. The summed E-state index contributed by atoms with van der Waals surface area (Å²) in [4.78, 5) is 30.3. The number of aromatic amines is 1. The van der Waals surface area contributed by atoms with Gasteiger partial charge in [-0.2, -0.15) is 0 Å². The molecule has 0 saturated carbocycles. The summed E-state index contributed by atoms with van der Waals surface area (Å²) in [5, 5.41) is 14.2. The first kappa shape index (κ1) is 20.3. The molecular weight excluding hydrogens is 374 g/mol. The molecule has 0 radical (unpaired) electrons. The van der Waals surface area contributed by atoms with Crippen LogP contribution in [0.25, 0.3) is 0 Å². The number of carbonyl (C=O) groups is 1. The van der Waals surface area contributed by atoms with E-state index in [-0.39, 0.29) is 35.4 Å². The second-order valence-corrected chi connectivity index (χ2v) is 7.68. The zero-order chi connectivity index (χ0) is 19.4. The highest BCUT2D eigenvalue weighted by atomic mass is 35.5. The minimum Gasteiger partial charge on any atom is -0.507 e. The number of aromatic hydroxyl groups is 1. The lowest BCUT2D eigenvalue weighted by Gasteiger charge is -2.17. The molecule has 0 spiro atoms. The molecule has 3 N–H and O–H groups in total. The van der Waals surface area contributed by atoms with Crippen molar-refractivity contribution >= 4 is 29.3 Å². The van der Waals surface area contributed by atoms with E-state index < -0.39 is 0 Å². The van der Waals surface area contributed by atoms with Crippen LogP contribution in [0.5, 0.6) is 5.75 Å². The SMILES string of the molecule is Cc1cc(=O)[nH]c(SCC(=O)NCc2c(C)c(Cl)cc(C(C)C)c2O)n1. The molecule has 1 amide bonds. The minimum atomic E-state index is -0.249. The molecule has 1 heterocycles. The Balaban J connectivity index is 2.04. The Bertz CT molecular complexity index is 881. The average molecular weight is 396 g/mol. The average Bonchev–Trinajstić information content (AvgIpc) is 2.55.